The van der Waals surface area contributed by atoms with E-state index >= 15 is 0 Å². The van der Waals surface area contributed by atoms with Crippen molar-refractivity contribution in [2.45, 2.75) is 57.7 Å². The number of urea groups is 1. The number of piperidine rings is 1. The van der Waals surface area contributed by atoms with Crippen LogP contribution in [0.25, 0.3) is 0 Å². The number of hydrogen-bond acceptors (Lipinski definition) is 5. The molecule has 0 spiro atoms. The lowest BCUT2D eigenvalue weighted by Gasteiger charge is -2.33. The van der Waals surface area contributed by atoms with E-state index in [0.717, 1.165) is 25.9 Å². The van der Waals surface area contributed by atoms with Crippen molar-refractivity contribution in [3.63, 3.8) is 0 Å². The summed E-state index contributed by atoms with van der Waals surface area (Å²) < 4.78 is 5.78. The molecule has 2 fully saturated rings. The number of carbonyl (C=O) groups is 1. The Hall–Kier alpha value is -1.89. The van der Waals surface area contributed by atoms with E-state index in [1.807, 2.05) is 4.90 Å². The molecule has 1 aromatic rings. The molecular formula is C18H29N5O2. The first-order chi connectivity index (χ1) is 12.1. The molecule has 1 aromatic heterocycles. The first-order valence-corrected chi connectivity index (χ1v) is 9.35. The van der Waals surface area contributed by atoms with Gasteiger partial charge in [-0.3, -0.25) is 4.90 Å². The molecule has 7 heteroatoms. The molecule has 0 unspecified atom stereocenters. The van der Waals surface area contributed by atoms with Crippen LogP contribution in [0.4, 0.5) is 4.79 Å². The van der Waals surface area contributed by atoms with E-state index < -0.39 is 0 Å². The SMILES string of the molecule is CC(C)N1CCC[C@H]1CNC(=O)N1CCC(Oc2ncccn2)CC1. The zero-order valence-electron chi connectivity index (χ0n) is 15.2. The predicted octanol–water partition coefficient (Wildman–Crippen LogP) is 1.90. The second-order valence-electron chi connectivity index (χ2n) is 7.15. The Morgan fingerprint density at radius 1 is 1.24 bits per heavy atom. The molecule has 3 heterocycles. The smallest absolute Gasteiger partial charge is 0.317 e. The summed E-state index contributed by atoms with van der Waals surface area (Å²) in [4.78, 5) is 25.0. The Balaban J connectivity index is 1.39. The normalized spacial score (nSPS) is 22.4. The summed E-state index contributed by atoms with van der Waals surface area (Å²) in [6.45, 7) is 7.75. The van der Waals surface area contributed by atoms with Crippen molar-refractivity contribution in [3.8, 4) is 6.01 Å². The number of rotatable bonds is 5. The molecule has 138 valence electrons. The molecule has 0 bridgehead atoms. The highest BCUT2D eigenvalue weighted by molar-refractivity contribution is 5.74. The average Bonchev–Trinajstić information content (AvgIpc) is 3.10. The fourth-order valence-electron chi connectivity index (χ4n) is 3.75. The first-order valence-electron chi connectivity index (χ1n) is 9.35. The van der Waals surface area contributed by atoms with Gasteiger partial charge in [0, 0.05) is 57.0 Å². The van der Waals surface area contributed by atoms with Gasteiger partial charge >= 0.3 is 12.0 Å². The molecule has 0 aliphatic carbocycles. The predicted molar refractivity (Wildman–Crippen MR) is 95.5 cm³/mol. The zero-order chi connectivity index (χ0) is 17.6. The van der Waals surface area contributed by atoms with Crippen LogP contribution >= 0.6 is 0 Å². The summed E-state index contributed by atoms with van der Waals surface area (Å²) in [7, 11) is 0. The fourth-order valence-corrected chi connectivity index (χ4v) is 3.75. The van der Waals surface area contributed by atoms with Gasteiger partial charge in [-0.2, -0.15) is 0 Å². The Kier molecular flexibility index (Phi) is 6.07. The van der Waals surface area contributed by atoms with Crippen LogP contribution in [0.3, 0.4) is 0 Å². The number of carbonyl (C=O) groups excluding carboxylic acids is 1. The molecule has 7 nitrogen and oxygen atoms in total. The third-order valence-electron chi connectivity index (χ3n) is 5.12. The molecular weight excluding hydrogens is 318 g/mol. The monoisotopic (exact) mass is 347 g/mol. The van der Waals surface area contributed by atoms with E-state index in [2.05, 4.69) is 34.0 Å². The van der Waals surface area contributed by atoms with Crippen molar-refractivity contribution in [1.82, 2.24) is 25.1 Å². The standard InChI is InChI=1S/C18H29N5O2/c1-14(2)23-10-3-5-15(23)13-21-18(24)22-11-6-16(7-12-22)25-17-19-8-4-9-20-17/h4,8-9,14-16H,3,5-7,10-13H2,1-2H3,(H,21,24)/t15-/m0/s1. The van der Waals surface area contributed by atoms with E-state index in [4.69, 9.17) is 4.74 Å². The van der Waals surface area contributed by atoms with Gasteiger partial charge in [0.1, 0.15) is 6.10 Å². The highest BCUT2D eigenvalue weighted by Gasteiger charge is 2.28. The first kappa shape index (κ1) is 17.9. The number of nitrogens with zero attached hydrogens (tertiary/aromatic N) is 4. The van der Waals surface area contributed by atoms with E-state index in [1.165, 1.54) is 12.8 Å². The molecule has 3 rings (SSSR count). The lowest BCUT2D eigenvalue weighted by atomic mass is 10.1. The van der Waals surface area contributed by atoms with Crippen molar-refractivity contribution in [3.05, 3.63) is 18.5 Å². The van der Waals surface area contributed by atoms with E-state index in [1.54, 1.807) is 18.5 Å². The van der Waals surface area contributed by atoms with Gasteiger partial charge in [0.05, 0.1) is 0 Å². The molecule has 2 aliphatic rings. The van der Waals surface area contributed by atoms with Crippen molar-refractivity contribution < 1.29 is 9.53 Å². The third kappa shape index (κ3) is 4.81. The molecule has 1 atom stereocenters. The van der Waals surface area contributed by atoms with Gasteiger partial charge in [-0.25, -0.2) is 14.8 Å². The minimum absolute atomic E-state index is 0.0463. The molecule has 0 radical (unpaired) electrons. The Bertz CT molecular complexity index is 546. The highest BCUT2D eigenvalue weighted by atomic mass is 16.5. The van der Waals surface area contributed by atoms with Crippen LogP contribution in [-0.2, 0) is 0 Å². The number of amides is 2. The molecule has 25 heavy (non-hydrogen) atoms. The largest absolute Gasteiger partial charge is 0.460 e. The van der Waals surface area contributed by atoms with Gasteiger partial charge in [-0.05, 0) is 39.3 Å². The number of hydrogen-bond donors (Lipinski definition) is 1. The Labute approximate surface area is 149 Å². The lowest BCUT2D eigenvalue weighted by molar-refractivity contribution is 0.102. The molecule has 1 N–H and O–H groups in total. The molecule has 2 aliphatic heterocycles. The average molecular weight is 347 g/mol. The maximum absolute atomic E-state index is 12.4. The van der Waals surface area contributed by atoms with Crippen LogP contribution in [0.2, 0.25) is 0 Å². The summed E-state index contributed by atoms with van der Waals surface area (Å²) in [5.41, 5.74) is 0. The van der Waals surface area contributed by atoms with Gasteiger partial charge in [-0.15, -0.1) is 0 Å². The van der Waals surface area contributed by atoms with Gasteiger partial charge < -0.3 is 15.0 Å². The van der Waals surface area contributed by atoms with E-state index in [0.29, 0.717) is 31.2 Å². The third-order valence-corrected chi connectivity index (χ3v) is 5.12. The minimum atomic E-state index is 0.0463. The zero-order valence-corrected chi connectivity index (χ0v) is 15.2. The van der Waals surface area contributed by atoms with Gasteiger partial charge in [0.15, 0.2) is 0 Å². The summed E-state index contributed by atoms with van der Waals surface area (Å²) in [5, 5.41) is 3.12. The second kappa shape index (κ2) is 8.47. The fraction of sp³-hybridized carbons (Fsp3) is 0.722. The van der Waals surface area contributed by atoms with Gasteiger partial charge in [0.2, 0.25) is 0 Å². The van der Waals surface area contributed by atoms with Crippen LogP contribution in [0.5, 0.6) is 6.01 Å². The maximum atomic E-state index is 12.4. The Morgan fingerprint density at radius 2 is 1.96 bits per heavy atom. The van der Waals surface area contributed by atoms with Gasteiger partial charge in [0.25, 0.3) is 0 Å². The van der Waals surface area contributed by atoms with Crippen LogP contribution in [0.15, 0.2) is 18.5 Å². The van der Waals surface area contributed by atoms with E-state index in [-0.39, 0.29) is 12.1 Å². The Morgan fingerprint density at radius 3 is 2.64 bits per heavy atom. The van der Waals surface area contributed by atoms with Crippen molar-refractivity contribution >= 4 is 6.03 Å². The molecule has 0 aromatic carbocycles. The summed E-state index contributed by atoms with van der Waals surface area (Å²) in [6.07, 6.45) is 7.45. The number of nitrogens with one attached hydrogen (secondary N) is 1. The number of ether oxygens (including phenoxy) is 1. The topological polar surface area (TPSA) is 70.6 Å². The molecule has 0 saturated carbocycles. The van der Waals surface area contributed by atoms with Gasteiger partial charge in [-0.1, -0.05) is 0 Å². The van der Waals surface area contributed by atoms with Crippen molar-refractivity contribution in [2.24, 2.45) is 0 Å². The second-order valence-corrected chi connectivity index (χ2v) is 7.15. The van der Waals surface area contributed by atoms with Crippen LogP contribution in [0, 0.1) is 0 Å². The van der Waals surface area contributed by atoms with Crippen molar-refractivity contribution in [2.75, 3.05) is 26.2 Å². The number of aromatic nitrogens is 2. The highest BCUT2D eigenvalue weighted by Crippen LogP contribution is 2.20. The van der Waals surface area contributed by atoms with E-state index in [9.17, 15) is 4.79 Å². The molecule has 2 amide bonds. The quantitative estimate of drug-likeness (QED) is 0.881. The summed E-state index contributed by atoms with van der Waals surface area (Å²) in [6, 6.07) is 3.24. The summed E-state index contributed by atoms with van der Waals surface area (Å²) >= 11 is 0. The van der Waals surface area contributed by atoms with Crippen LogP contribution in [-0.4, -0.2) is 70.2 Å². The number of likely N-dealkylation sites (tertiary alicyclic amines) is 2. The maximum Gasteiger partial charge on any atom is 0.317 e. The van der Waals surface area contributed by atoms with Crippen molar-refractivity contribution in [1.29, 1.82) is 0 Å². The minimum Gasteiger partial charge on any atom is -0.460 e. The summed E-state index contributed by atoms with van der Waals surface area (Å²) in [5.74, 6) is 0. The molecule has 2 saturated heterocycles. The van der Waals surface area contributed by atoms with Crippen LogP contribution in [0.1, 0.15) is 39.5 Å². The van der Waals surface area contributed by atoms with Crippen LogP contribution < -0.4 is 10.1 Å². The lowest BCUT2D eigenvalue weighted by Crippen LogP contribution is -2.50.